The van der Waals surface area contributed by atoms with Crippen LogP contribution in [0.1, 0.15) is 5.56 Å². The van der Waals surface area contributed by atoms with Gasteiger partial charge < -0.3 is 29.6 Å². The van der Waals surface area contributed by atoms with Gasteiger partial charge in [0.25, 0.3) is 5.91 Å². The maximum Gasteiger partial charge on any atom is 0.258 e. The van der Waals surface area contributed by atoms with Crippen LogP contribution in [0.5, 0.6) is 5.75 Å². The number of amides is 1. The molecule has 7 heteroatoms. The zero-order chi connectivity index (χ0) is 19.8. The number of hydrogen-bond donors (Lipinski definition) is 1. The minimum atomic E-state index is -0.556. The summed E-state index contributed by atoms with van der Waals surface area (Å²) in [6.07, 6.45) is -0.556. The fourth-order valence-electron chi connectivity index (χ4n) is 3.08. The van der Waals surface area contributed by atoms with Gasteiger partial charge in [-0.3, -0.25) is 4.79 Å². The highest BCUT2D eigenvalue weighted by Gasteiger charge is 2.49. The first kappa shape index (κ1) is 20.3. The van der Waals surface area contributed by atoms with E-state index in [0.29, 0.717) is 26.4 Å². The molecular formula is C21H26N2O5. The van der Waals surface area contributed by atoms with E-state index in [2.05, 4.69) is 0 Å². The number of anilines is 1. The molecule has 3 rings (SSSR count). The second-order valence-electron chi connectivity index (χ2n) is 6.38. The van der Waals surface area contributed by atoms with Crippen molar-refractivity contribution >= 4 is 11.6 Å². The Hall–Kier alpha value is -2.45. The second kappa shape index (κ2) is 10.2. The van der Waals surface area contributed by atoms with E-state index in [9.17, 15) is 4.79 Å². The van der Waals surface area contributed by atoms with Crippen molar-refractivity contribution in [3.63, 3.8) is 0 Å². The topological polar surface area (TPSA) is 83.2 Å². The smallest absolute Gasteiger partial charge is 0.258 e. The molecule has 1 fully saturated rings. The molecule has 0 radical (unpaired) electrons. The monoisotopic (exact) mass is 386 g/mol. The summed E-state index contributed by atoms with van der Waals surface area (Å²) in [4.78, 5) is 14.2. The SMILES string of the molecule is COc1ccc(N2C(=O)[C@H](OCCN)[C@@H]2COCOCc2ccccc2)cc1. The molecule has 2 aromatic carbocycles. The van der Waals surface area contributed by atoms with Gasteiger partial charge in [-0.25, -0.2) is 0 Å². The molecule has 2 N–H and O–H groups in total. The third-order valence-corrected chi connectivity index (χ3v) is 4.49. The van der Waals surface area contributed by atoms with Crippen molar-refractivity contribution in [2.45, 2.75) is 18.8 Å². The average Bonchev–Trinajstić information content (AvgIpc) is 2.74. The van der Waals surface area contributed by atoms with Gasteiger partial charge >= 0.3 is 0 Å². The molecule has 0 bridgehead atoms. The Morgan fingerprint density at radius 3 is 2.46 bits per heavy atom. The molecule has 2 atom stereocenters. The lowest BCUT2D eigenvalue weighted by Gasteiger charge is -2.46. The molecule has 2 aromatic rings. The number of ether oxygens (including phenoxy) is 4. The third kappa shape index (κ3) is 4.88. The second-order valence-corrected chi connectivity index (χ2v) is 6.38. The number of rotatable bonds is 11. The van der Waals surface area contributed by atoms with Gasteiger partial charge in [0.2, 0.25) is 0 Å². The van der Waals surface area contributed by atoms with Crippen LogP contribution in [0.3, 0.4) is 0 Å². The van der Waals surface area contributed by atoms with E-state index in [1.54, 1.807) is 12.0 Å². The summed E-state index contributed by atoms with van der Waals surface area (Å²) in [6.45, 7) is 1.61. The predicted molar refractivity (Wildman–Crippen MR) is 105 cm³/mol. The normalized spacial score (nSPS) is 18.8. The average molecular weight is 386 g/mol. The molecule has 0 unspecified atom stereocenters. The number of carbonyl (C=O) groups is 1. The predicted octanol–water partition coefficient (Wildman–Crippen LogP) is 1.95. The van der Waals surface area contributed by atoms with Crippen molar-refractivity contribution in [2.75, 3.05) is 38.6 Å². The Morgan fingerprint density at radius 1 is 1.04 bits per heavy atom. The molecule has 0 aliphatic carbocycles. The van der Waals surface area contributed by atoms with Gasteiger partial charge in [-0.1, -0.05) is 30.3 Å². The first-order chi connectivity index (χ1) is 13.7. The molecule has 1 aliphatic rings. The zero-order valence-electron chi connectivity index (χ0n) is 16.0. The van der Waals surface area contributed by atoms with E-state index in [-0.39, 0.29) is 18.7 Å². The van der Waals surface area contributed by atoms with Crippen molar-refractivity contribution in [3.8, 4) is 5.75 Å². The number of β-lactam (4-membered cyclic amide) rings is 1. The third-order valence-electron chi connectivity index (χ3n) is 4.49. The standard InChI is InChI=1S/C21H26N2O5/c1-25-18-9-7-17(8-10-18)23-19(20(21(23)24)28-12-11-22)14-27-15-26-13-16-5-3-2-4-6-16/h2-10,19-20H,11-15,22H2,1H3/t19-,20+/m0/s1. The van der Waals surface area contributed by atoms with Crippen LogP contribution in [0, 0.1) is 0 Å². The van der Waals surface area contributed by atoms with Crippen LogP contribution < -0.4 is 15.4 Å². The number of benzene rings is 2. The van der Waals surface area contributed by atoms with E-state index in [1.165, 1.54) is 0 Å². The summed E-state index contributed by atoms with van der Waals surface area (Å²) in [6, 6.07) is 17.0. The molecule has 28 heavy (non-hydrogen) atoms. The Balaban J connectivity index is 1.54. The van der Waals surface area contributed by atoms with Crippen LogP contribution in [0.2, 0.25) is 0 Å². The fourth-order valence-corrected chi connectivity index (χ4v) is 3.08. The lowest BCUT2D eigenvalue weighted by molar-refractivity contribution is -0.148. The van der Waals surface area contributed by atoms with Crippen LogP contribution >= 0.6 is 0 Å². The van der Waals surface area contributed by atoms with Gasteiger partial charge in [-0.2, -0.15) is 0 Å². The molecule has 7 nitrogen and oxygen atoms in total. The van der Waals surface area contributed by atoms with Crippen LogP contribution in [0.25, 0.3) is 0 Å². The maximum absolute atomic E-state index is 12.5. The van der Waals surface area contributed by atoms with Crippen molar-refractivity contribution in [1.82, 2.24) is 0 Å². The highest BCUT2D eigenvalue weighted by Crippen LogP contribution is 2.31. The summed E-state index contributed by atoms with van der Waals surface area (Å²) in [7, 11) is 1.60. The number of carbonyl (C=O) groups excluding carboxylic acids is 1. The van der Waals surface area contributed by atoms with Crippen LogP contribution in [0.15, 0.2) is 54.6 Å². The lowest BCUT2D eigenvalue weighted by atomic mass is 9.97. The summed E-state index contributed by atoms with van der Waals surface area (Å²) in [5.41, 5.74) is 7.36. The van der Waals surface area contributed by atoms with Crippen molar-refractivity contribution in [3.05, 3.63) is 60.2 Å². The van der Waals surface area contributed by atoms with Crippen molar-refractivity contribution < 1.29 is 23.7 Å². The molecule has 0 aromatic heterocycles. The van der Waals surface area contributed by atoms with E-state index < -0.39 is 6.10 Å². The minimum absolute atomic E-state index is 0.0996. The first-order valence-corrected chi connectivity index (χ1v) is 9.23. The molecule has 150 valence electrons. The largest absolute Gasteiger partial charge is 0.497 e. The van der Waals surface area contributed by atoms with Crippen LogP contribution in [0.4, 0.5) is 5.69 Å². The highest BCUT2D eigenvalue weighted by atomic mass is 16.7. The highest BCUT2D eigenvalue weighted by molar-refractivity contribution is 6.04. The maximum atomic E-state index is 12.5. The minimum Gasteiger partial charge on any atom is -0.497 e. The molecule has 1 amide bonds. The number of nitrogens with zero attached hydrogens (tertiary/aromatic N) is 1. The fraction of sp³-hybridized carbons (Fsp3) is 0.381. The Bertz CT molecular complexity index is 738. The van der Waals surface area contributed by atoms with Gasteiger partial charge in [-0.05, 0) is 29.8 Å². The summed E-state index contributed by atoms with van der Waals surface area (Å²) in [5.74, 6) is 0.632. The van der Waals surface area contributed by atoms with Gasteiger partial charge in [0.05, 0.1) is 33.0 Å². The molecule has 0 spiro atoms. The first-order valence-electron chi connectivity index (χ1n) is 9.23. The molecule has 0 saturated carbocycles. The van der Waals surface area contributed by atoms with Crippen LogP contribution in [-0.4, -0.2) is 51.7 Å². The van der Waals surface area contributed by atoms with Gasteiger partial charge in [0.1, 0.15) is 12.5 Å². The van der Waals surface area contributed by atoms with E-state index >= 15 is 0 Å². The summed E-state index contributed by atoms with van der Waals surface area (Å²) in [5, 5.41) is 0. The van der Waals surface area contributed by atoms with Crippen molar-refractivity contribution in [1.29, 1.82) is 0 Å². The molecular weight excluding hydrogens is 360 g/mol. The number of methoxy groups -OCH3 is 1. The van der Waals surface area contributed by atoms with E-state index in [4.69, 9.17) is 24.7 Å². The Morgan fingerprint density at radius 2 is 1.79 bits per heavy atom. The van der Waals surface area contributed by atoms with Gasteiger partial charge in [0.15, 0.2) is 6.10 Å². The molecule has 1 aliphatic heterocycles. The molecule has 1 saturated heterocycles. The summed E-state index contributed by atoms with van der Waals surface area (Å²) < 4.78 is 22.0. The van der Waals surface area contributed by atoms with Crippen LogP contribution in [-0.2, 0) is 25.6 Å². The molecule has 1 heterocycles. The van der Waals surface area contributed by atoms with Gasteiger partial charge in [-0.15, -0.1) is 0 Å². The quantitative estimate of drug-likeness (QED) is 0.361. The van der Waals surface area contributed by atoms with Gasteiger partial charge in [0, 0.05) is 12.2 Å². The van der Waals surface area contributed by atoms with E-state index in [0.717, 1.165) is 17.0 Å². The van der Waals surface area contributed by atoms with E-state index in [1.807, 2.05) is 54.6 Å². The Labute approximate surface area is 164 Å². The lowest BCUT2D eigenvalue weighted by Crippen LogP contribution is -2.68. The zero-order valence-corrected chi connectivity index (χ0v) is 16.0. The van der Waals surface area contributed by atoms with Crippen molar-refractivity contribution in [2.24, 2.45) is 5.73 Å². The number of hydrogen-bond acceptors (Lipinski definition) is 6. The number of nitrogens with two attached hydrogens (primary N) is 1. The Kier molecular flexibility index (Phi) is 7.39. The summed E-state index contributed by atoms with van der Waals surface area (Å²) >= 11 is 0.